The molecule has 0 amide bonds. The summed E-state index contributed by atoms with van der Waals surface area (Å²) in [5.74, 6) is -4.44. The summed E-state index contributed by atoms with van der Waals surface area (Å²) in [7, 11) is 0. The Bertz CT molecular complexity index is 977. The van der Waals surface area contributed by atoms with Crippen LogP contribution >= 0.6 is 0 Å². The highest BCUT2D eigenvalue weighted by molar-refractivity contribution is 5.88. The number of fused-ring (bicyclic) bond motifs is 1. The first-order valence-corrected chi connectivity index (χ1v) is 9.56. The summed E-state index contributed by atoms with van der Waals surface area (Å²) >= 11 is 0. The second-order valence-electron chi connectivity index (χ2n) is 6.94. The molecule has 0 unspecified atom stereocenters. The van der Waals surface area contributed by atoms with Crippen molar-refractivity contribution in [3.05, 3.63) is 65.5 Å². The van der Waals surface area contributed by atoms with Crippen molar-refractivity contribution in [1.29, 1.82) is 0 Å². The molecule has 3 aromatic carbocycles. The van der Waals surface area contributed by atoms with Crippen LogP contribution in [0.15, 0.2) is 42.5 Å². The molecular weight excluding hydrogens is 387 g/mol. The van der Waals surface area contributed by atoms with E-state index in [9.17, 15) is 17.6 Å². The van der Waals surface area contributed by atoms with Gasteiger partial charge >= 0.3 is 6.61 Å². The second kappa shape index (κ2) is 9.25. The first-order valence-electron chi connectivity index (χ1n) is 9.56. The molecule has 0 atom stereocenters. The summed E-state index contributed by atoms with van der Waals surface area (Å²) in [4.78, 5) is 0. The van der Waals surface area contributed by atoms with Crippen molar-refractivity contribution < 1.29 is 26.7 Å². The van der Waals surface area contributed by atoms with Gasteiger partial charge in [-0.15, -0.1) is 0 Å². The molecule has 0 aliphatic heterocycles. The highest BCUT2D eigenvalue weighted by Gasteiger charge is 2.19. The summed E-state index contributed by atoms with van der Waals surface area (Å²) in [5.41, 5.74) is 0.991. The molecule has 0 heterocycles. The van der Waals surface area contributed by atoms with Crippen LogP contribution in [0.25, 0.3) is 21.9 Å². The predicted octanol–water partition coefficient (Wildman–Crippen LogP) is 7.65. The zero-order valence-electron chi connectivity index (χ0n) is 16.0. The minimum absolute atomic E-state index is 0.0189. The van der Waals surface area contributed by atoms with Crippen LogP contribution in [0.3, 0.4) is 0 Å². The van der Waals surface area contributed by atoms with E-state index >= 15 is 4.39 Å². The quantitative estimate of drug-likeness (QED) is 0.275. The highest BCUT2D eigenvalue weighted by Crippen LogP contribution is 2.34. The van der Waals surface area contributed by atoms with Gasteiger partial charge in [0.05, 0.1) is 0 Å². The maximum absolute atomic E-state index is 15.0. The Morgan fingerprint density at radius 3 is 2.24 bits per heavy atom. The maximum Gasteiger partial charge on any atom is 0.387 e. The van der Waals surface area contributed by atoms with E-state index in [-0.39, 0.29) is 11.1 Å². The summed E-state index contributed by atoms with van der Waals surface area (Å²) in [6.07, 6.45) is 5.44. The molecule has 0 fully saturated rings. The molecule has 0 saturated carbocycles. The molecule has 0 radical (unpaired) electrons. The van der Waals surface area contributed by atoms with Crippen LogP contribution in [0, 0.1) is 17.5 Å². The fourth-order valence-electron chi connectivity index (χ4n) is 3.39. The topological polar surface area (TPSA) is 9.23 Å². The fourth-order valence-corrected chi connectivity index (χ4v) is 3.39. The van der Waals surface area contributed by atoms with E-state index in [1.54, 1.807) is 12.1 Å². The van der Waals surface area contributed by atoms with Crippen LogP contribution in [0.4, 0.5) is 22.0 Å². The maximum atomic E-state index is 15.0. The van der Waals surface area contributed by atoms with E-state index in [1.807, 2.05) is 12.1 Å². The van der Waals surface area contributed by atoms with Gasteiger partial charge in [-0.2, -0.15) is 8.78 Å². The Kier molecular flexibility index (Phi) is 6.72. The van der Waals surface area contributed by atoms with Crippen molar-refractivity contribution in [2.75, 3.05) is 0 Å². The molecule has 0 saturated heterocycles. The van der Waals surface area contributed by atoms with Crippen LogP contribution in [-0.2, 0) is 6.42 Å². The van der Waals surface area contributed by atoms with Gasteiger partial charge in [0.25, 0.3) is 0 Å². The van der Waals surface area contributed by atoms with Crippen molar-refractivity contribution in [2.45, 2.75) is 45.6 Å². The Hall–Kier alpha value is -2.63. The molecule has 6 heteroatoms. The van der Waals surface area contributed by atoms with Crippen molar-refractivity contribution in [2.24, 2.45) is 0 Å². The highest BCUT2D eigenvalue weighted by atomic mass is 19.3. The molecule has 3 rings (SSSR count). The lowest BCUT2D eigenvalue weighted by molar-refractivity contribution is -0.0546. The fraction of sp³-hybridized carbons (Fsp3) is 0.304. The average molecular weight is 408 g/mol. The zero-order chi connectivity index (χ0) is 21.0. The first kappa shape index (κ1) is 21.1. The molecule has 0 spiro atoms. The van der Waals surface area contributed by atoms with Gasteiger partial charge < -0.3 is 4.74 Å². The average Bonchev–Trinajstić information content (AvgIpc) is 2.68. The number of hydrogen-bond donors (Lipinski definition) is 0. The number of alkyl halides is 2. The van der Waals surface area contributed by atoms with Crippen LogP contribution in [-0.4, -0.2) is 6.61 Å². The minimum Gasteiger partial charge on any atom is -0.429 e. The molecule has 0 aliphatic carbocycles. The van der Waals surface area contributed by atoms with E-state index in [4.69, 9.17) is 0 Å². The SMILES string of the molecule is CCCCCCc1ccc2c(F)c(-c3cc(F)c(OC(F)F)c(F)c3)ccc2c1. The summed E-state index contributed by atoms with van der Waals surface area (Å²) in [5, 5.41) is 1.02. The standard InChI is InChI=1S/C23H21F5O/c1-2-3-4-5-6-14-7-9-17-15(11-14)8-10-18(21(17)26)16-12-19(24)22(20(25)13-16)29-23(27)28/h7-13,23H,2-6H2,1H3. The third-order valence-electron chi connectivity index (χ3n) is 4.85. The Balaban J connectivity index is 1.92. The summed E-state index contributed by atoms with van der Waals surface area (Å²) < 4.78 is 71.4. The van der Waals surface area contributed by atoms with Gasteiger partial charge in [0.1, 0.15) is 5.82 Å². The van der Waals surface area contributed by atoms with Gasteiger partial charge in [0.15, 0.2) is 17.4 Å². The number of halogens is 5. The molecule has 0 N–H and O–H groups in total. The molecule has 154 valence electrons. The molecule has 1 nitrogen and oxygen atoms in total. The zero-order valence-corrected chi connectivity index (χ0v) is 16.0. The van der Waals surface area contributed by atoms with E-state index < -0.39 is 29.8 Å². The number of aryl methyl sites for hydroxylation is 1. The largest absolute Gasteiger partial charge is 0.429 e. The Morgan fingerprint density at radius 2 is 1.59 bits per heavy atom. The van der Waals surface area contributed by atoms with Gasteiger partial charge in [0.2, 0.25) is 0 Å². The smallest absolute Gasteiger partial charge is 0.387 e. The van der Waals surface area contributed by atoms with Crippen molar-refractivity contribution in [3.63, 3.8) is 0 Å². The molecular formula is C23H21F5O. The third-order valence-corrected chi connectivity index (χ3v) is 4.85. The molecule has 3 aromatic rings. The lowest BCUT2D eigenvalue weighted by Gasteiger charge is -2.12. The van der Waals surface area contributed by atoms with E-state index in [0.29, 0.717) is 10.8 Å². The first-order chi connectivity index (χ1) is 13.9. The van der Waals surface area contributed by atoms with E-state index in [1.165, 1.54) is 12.5 Å². The number of benzene rings is 3. The summed E-state index contributed by atoms with van der Waals surface area (Å²) in [6.45, 7) is -1.22. The number of rotatable bonds is 8. The van der Waals surface area contributed by atoms with E-state index in [2.05, 4.69) is 11.7 Å². The van der Waals surface area contributed by atoms with Crippen LogP contribution < -0.4 is 4.74 Å². The second-order valence-corrected chi connectivity index (χ2v) is 6.94. The van der Waals surface area contributed by atoms with Crippen molar-refractivity contribution in [1.82, 2.24) is 0 Å². The van der Waals surface area contributed by atoms with Gasteiger partial charge in [-0.3, -0.25) is 0 Å². The van der Waals surface area contributed by atoms with Crippen LogP contribution in [0.5, 0.6) is 5.75 Å². The molecule has 0 bridgehead atoms. The monoisotopic (exact) mass is 408 g/mol. The lowest BCUT2D eigenvalue weighted by Crippen LogP contribution is -2.06. The number of ether oxygens (including phenoxy) is 1. The van der Waals surface area contributed by atoms with Crippen LogP contribution in [0.2, 0.25) is 0 Å². The predicted molar refractivity (Wildman–Crippen MR) is 104 cm³/mol. The third kappa shape index (κ3) is 4.86. The van der Waals surface area contributed by atoms with Gasteiger partial charge in [-0.05, 0) is 41.5 Å². The van der Waals surface area contributed by atoms with Gasteiger partial charge in [0, 0.05) is 10.9 Å². The van der Waals surface area contributed by atoms with Crippen LogP contribution in [0.1, 0.15) is 38.2 Å². The van der Waals surface area contributed by atoms with Crippen molar-refractivity contribution >= 4 is 10.8 Å². The Labute approximate surface area is 166 Å². The van der Waals surface area contributed by atoms with E-state index in [0.717, 1.165) is 43.4 Å². The minimum atomic E-state index is -3.36. The normalized spacial score (nSPS) is 11.4. The molecule has 29 heavy (non-hydrogen) atoms. The van der Waals surface area contributed by atoms with Gasteiger partial charge in [-0.1, -0.05) is 56.5 Å². The van der Waals surface area contributed by atoms with Gasteiger partial charge in [-0.25, -0.2) is 13.2 Å². The number of hydrogen-bond acceptors (Lipinski definition) is 1. The van der Waals surface area contributed by atoms with Crippen molar-refractivity contribution in [3.8, 4) is 16.9 Å². The lowest BCUT2D eigenvalue weighted by atomic mass is 9.97. The number of unbranched alkanes of at least 4 members (excludes halogenated alkanes) is 3. The molecule has 0 aliphatic rings. The molecule has 0 aromatic heterocycles. The Morgan fingerprint density at radius 1 is 0.862 bits per heavy atom. The summed E-state index contributed by atoms with van der Waals surface area (Å²) in [6, 6.07) is 10.1.